The Morgan fingerprint density at radius 1 is 1.18 bits per heavy atom. The molecule has 0 aliphatic heterocycles. The topological polar surface area (TPSA) is 157 Å². The van der Waals surface area contributed by atoms with Crippen molar-refractivity contribution in [1.29, 1.82) is 0 Å². The van der Waals surface area contributed by atoms with Crippen LogP contribution in [-0.2, 0) is 21.4 Å². The maximum atomic E-state index is 12.6. The fourth-order valence-corrected chi connectivity index (χ4v) is 3.79. The molecule has 1 heterocycles. The van der Waals surface area contributed by atoms with E-state index in [1.807, 2.05) is 6.92 Å². The van der Waals surface area contributed by atoms with Crippen LogP contribution in [-0.4, -0.2) is 56.5 Å². The average Bonchev–Trinajstić information content (AvgIpc) is 2.77. The van der Waals surface area contributed by atoms with Gasteiger partial charge in [0.25, 0.3) is 5.56 Å². The van der Waals surface area contributed by atoms with Crippen LogP contribution in [0.3, 0.4) is 0 Å². The molecule has 1 amide bonds. The summed E-state index contributed by atoms with van der Waals surface area (Å²) >= 11 is 0. The third-order valence-electron chi connectivity index (χ3n) is 4.89. The number of nitrogens with zero attached hydrogens (tertiary/aromatic N) is 2. The summed E-state index contributed by atoms with van der Waals surface area (Å²) in [6.45, 7) is 2.56. The highest BCUT2D eigenvalue weighted by atomic mass is 32.2. The maximum absolute atomic E-state index is 12.6. The van der Waals surface area contributed by atoms with Gasteiger partial charge >= 0.3 is 0 Å². The first-order valence-electron chi connectivity index (χ1n) is 9.94. The number of likely N-dealkylation sites (N-methyl/N-ethyl adjacent to an activating group) is 1. The normalized spacial score (nSPS) is 11.5. The number of ether oxygens (including phenoxy) is 2. The minimum atomic E-state index is -3.88. The summed E-state index contributed by atoms with van der Waals surface area (Å²) in [6.07, 6.45) is 0. The maximum Gasteiger partial charge on any atom is 0.258 e. The molecule has 12 heteroatoms. The highest BCUT2D eigenvalue weighted by Crippen LogP contribution is 2.29. The summed E-state index contributed by atoms with van der Waals surface area (Å²) in [4.78, 5) is 34.0. The molecular weight excluding hydrogens is 450 g/mol. The molecule has 4 N–H and O–H groups in total. The Hall–Kier alpha value is -3.48. The van der Waals surface area contributed by atoms with Crippen molar-refractivity contribution in [3.05, 3.63) is 52.6 Å². The van der Waals surface area contributed by atoms with Gasteiger partial charge < -0.3 is 19.8 Å². The van der Waals surface area contributed by atoms with Crippen LogP contribution in [0.2, 0.25) is 0 Å². The largest absolute Gasteiger partial charge is 0.493 e. The van der Waals surface area contributed by atoms with Crippen molar-refractivity contribution in [1.82, 2.24) is 14.9 Å². The Morgan fingerprint density at radius 3 is 2.52 bits per heavy atom. The molecule has 0 atom stereocenters. The molecule has 0 unspecified atom stereocenters. The molecule has 3 aromatic rings. The number of methoxy groups -OCH3 is 2. The third kappa shape index (κ3) is 5.86. The standard InChI is InChI=1S/C21H25N5O6S/c1-4-26(12-20(27)23-13-6-5-7-14(8-13)33(22,29)30)11-19-24-16-10-18(32-3)17(31-2)9-15(16)21(28)25-19/h5-10H,4,11-12H2,1-3H3,(H,23,27)(H2,22,29,30)(H,24,25,28). The van der Waals surface area contributed by atoms with Crippen LogP contribution in [0.1, 0.15) is 12.7 Å². The molecular formula is C21H25N5O6S. The highest BCUT2D eigenvalue weighted by Gasteiger charge is 2.15. The molecule has 0 spiro atoms. The second kappa shape index (κ2) is 9.98. The fraction of sp³-hybridized carbons (Fsp3) is 0.286. The number of sulfonamides is 1. The second-order valence-corrected chi connectivity index (χ2v) is 8.72. The molecule has 1 aromatic heterocycles. The molecule has 2 aromatic carbocycles. The van der Waals surface area contributed by atoms with Gasteiger partial charge in [-0.3, -0.25) is 14.5 Å². The van der Waals surface area contributed by atoms with Crippen molar-refractivity contribution >= 4 is 32.5 Å². The summed E-state index contributed by atoms with van der Waals surface area (Å²) in [5.74, 6) is 0.884. The van der Waals surface area contributed by atoms with Crippen molar-refractivity contribution in [2.24, 2.45) is 5.14 Å². The van der Waals surface area contributed by atoms with Gasteiger partial charge in [0, 0.05) is 11.8 Å². The lowest BCUT2D eigenvalue weighted by molar-refractivity contribution is -0.117. The van der Waals surface area contributed by atoms with Gasteiger partial charge in [-0.05, 0) is 30.8 Å². The first kappa shape index (κ1) is 24.2. The Labute approximate surface area is 190 Å². The molecule has 0 aliphatic rings. The van der Waals surface area contributed by atoms with Gasteiger partial charge in [-0.1, -0.05) is 13.0 Å². The number of rotatable bonds is 9. The fourth-order valence-electron chi connectivity index (χ4n) is 3.23. The number of aromatic nitrogens is 2. The molecule has 3 rings (SSSR count). The Balaban J connectivity index is 1.76. The molecule has 0 radical (unpaired) electrons. The monoisotopic (exact) mass is 475 g/mol. The van der Waals surface area contributed by atoms with Crippen LogP contribution in [0.4, 0.5) is 5.69 Å². The zero-order chi connectivity index (χ0) is 24.2. The average molecular weight is 476 g/mol. The van der Waals surface area contributed by atoms with E-state index in [4.69, 9.17) is 14.6 Å². The summed E-state index contributed by atoms with van der Waals surface area (Å²) in [5, 5.41) is 8.14. The van der Waals surface area contributed by atoms with E-state index in [1.165, 1.54) is 32.4 Å². The highest BCUT2D eigenvalue weighted by molar-refractivity contribution is 7.89. The second-order valence-electron chi connectivity index (χ2n) is 7.16. The van der Waals surface area contributed by atoms with Crippen molar-refractivity contribution < 1.29 is 22.7 Å². The van der Waals surface area contributed by atoms with Gasteiger partial charge in [0.05, 0.1) is 43.1 Å². The van der Waals surface area contributed by atoms with E-state index in [0.29, 0.717) is 40.5 Å². The van der Waals surface area contributed by atoms with Crippen LogP contribution >= 0.6 is 0 Å². The number of fused-ring (bicyclic) bond motifs is 1. The van der Waals surface area contributed by atoms with E-state index in [1.54, 1.807) is 23.1 Å². The Morgan fingerprint density at radius 2 is 1.88 bits per heavy atom. The molecule has 0 saturated carbocycles. The van der Waals surface area contributed by atoms with Gasteiger partial charge in [-0.25, -0.2) is 18.5 Å². The molecule has 176 valence electrons. The number of H-pyrrole nitrogens is 1. The molecule has 0 fully saturated rings. The van der Waals surface area contributed by atoms with Crippen LogP contribution < -0.4 is 25.5 Å². The van der Waals surface area contributed by atoms with Gasteiger partial charge in [0.15, 0.2) is 11.5 Å². The quantitative estimate of drug-likeness (QED) is 0.414. The minimum Gasteiger partial charge on any atom is -0.493 e. The lowest BCUT2D eigenvalue weighted by Gasteiger charge is -2.19. The molecule has 0 bridgehead atoms. The van der Waals surface area contributed by atoms with E-state index >= 15 is 0 Å². The van der Waals surface area contributed by atoms with Crippen LogP contribution in [0.15, 0.2) is 46.1 Å². The minimum absolute atomic E-state index is 0.0101. The zero-order valence-corrected chi connectivity index (χ0v) is 19.2. The number of amides is 1. The molecule has 11 nitrogen and oxygen atoms in total. The smallest absolute Gasteiger partial charge is 0.258 e. The summed E-state index contributed by atoms with van der Waals surface area (Å²) in [5.41, 5.74) is 0.406. The third-order valence-corrected chi connectivity index (χ3v) is 5.80. The first-order valence-corrected chi connectivity index (χ1v) is 11.5. The van der Waals surface area contributed by atoms with Crippen LogP contribution in [0.5, 0.6) is 11.5 Å². The number of benzene rings is 2. The van der Waals surface area contributed by atoms with Crippen molar-refractivity contribution in [3.63, 3.8) is 0 Å². The van der Waals surface area contributed by atoms with Crippen LogP contribution in [0, 0.1) is 0 Å². The number of hydrogen-bond donors (Lipinski definition) is 3. The Kier molecular flexibility index (Phi) is 7.31. The zero-order valence-electron chi connectivity index (χ0n) is 18.4. The predicted octanol–water partition coefficient (Wildman–Crippen LogP) is 1.05. The predicted molar refractivity (Wildman–Crippen MR) is 123 cm³/mol. The van der Waals surface area contributed by atoms with E-state index in [-0.39, 0.29) is 29.5 Å². The lowest BCUT2D eigenvalue weighted by Crippen LogP contribution is -2.34. The van der Waals surface area contributed by atoms with E-state index in [0.717, 1.165) is 0 Å². The molecule has 0 aliphatic carbocycles. The number of anilines is 1. The first-order chi connectivity index (χ1) is 15.6. The molecule has 0 saturated heterocycles. The number of primary sulfonamides is 1. The number of aromatic amines is 1. The van der Waals surface area contributed by atoms with Gasteiger partial charge in [0.1, 0.15) is 5.82 Å². The number of nitrogens with two attached hydrogens (primary N) is 1. The van der Waals surface area contributed by atoms with Gasteiger partial charge in [-0.2, -0.15) is 0 Å². The van der Waals surface area contributed by atoms with Crippen molar-refractivity contribution in [2.45, 2.75) is 18.4 Å². The van der Waals surface area contributed by atoms with E-state index in [2.05, 4.69) is 15.3 Å². The summed E-state index contributed by atoms with van der Waals surface area (Å²) in [6, 6.07) is 8.86. The number of carbonyl (C=O) groups excluding carboxylic acids is 1. The summed E-state index contributed by atoms with van der Waals surface area (Å²) in [7, 11) is -0.907. The van der Waals surface area contributed by atoms with Gasteiger partial charge in [-0.15, -0.1) is 0 Å². The van der Waals surface area contributed by atoms with Crippen molar-refractivity contribution in [3.8, 4) is 11.5 Å². The molecule has 33 heavy (non-hydrogen) atoms. The number of hydrogen-bond acceptors (Lipinski definition) is 8. The SMILES string of the molecule is CCN(CC(=O)Nc1cccc(S(N)(=O)=O)c1)Cc1nc2cc(OC)c(OC)cc2c(=O)[nH]1. The van der Waals surface area contributed by atoms with E-state index < -0.39 is 10.0 Å². The summed E-state index contributed by atoms with van der Waals surface area (Å²) < 4.78 is 33.5. The number of nitrogens with one attached hydrogen (secondary N) is 2. The lowest BCUT2D eigenvalue weighted by atomic mass is 10.2. The Bertz CT molecular complexity index is 1340. The van der Waals surface area contributed by atoms with Crippen LogP contribution in [0.25, 0.3) is 10.9 Å². The van der Waals surface area contributed by atoms with Gasteiger partial charge in [0.2, 0.25) is 15.9 Å². The number of carbonyl (C=O) groups is 1. The van der Waals surface area contributed by atoms with Crippen molar-refractivity contribution in [2.75, 3.05) is 32.6 Å². The van der Waals surface area contributed by atoms with E-state index in [9.17, 15) is 18.0 Å².